The van der Waals surface area contributed by atoms with E-state index >= 15 is 0 Å². The number of nitriles is 1. The van der Waals surface area contributed by atoms with Gasteiger partial charge in [-0.3, -0.25) is 19.3 Å². The van der Waals surface area contributed by atoms with E-state index in [0.717, 1.165) is 11.2 Å². The van der Waals surface area contributed by atoms with Crippen LogP contribution in [0.25, 0.3) is 0 Å². The highest BCUT2D eigenvalue weighted by atomic mass is 32.2. The Kier molecular flexibility index (Phi) is 6.93. The molecule has 178 valence electrons. The number of nitrogens with one attached hydrogen (secondary N) is 1. The van der Waals surface area contributed by atoms with E-state index in [1.54, 1.807) is 13.0 Å². The van der Waals surface area contributed by atoms with E-state index in [-0.39, 0.29) is 22.4 Å². The van der Waals surface area contributed by atoms with Crippen molar-refractivity contribution in [1.82, 2.24) is 4.90 Å². The summed E-state index contributed by atoms with van der Waals surface area (Å²) < 4.78 is 36.2. The van der Waals surface area contributed by atoms with E-state index < -0.39 is 39.4 Å². The van der Waals surface area contributed by atoms with E-state index in [4.69, 9.17) is 9.47 Å². The summed E-state index contributed by atoms with van der Waals surface area (Å²) >= 11 is 0. The number of anilines is 1. The Morgan fingerprint density at radius 2 is 1.82 bits per heavy atom. The molecule has 0 spiro atoms. The molecule has 2 aromatic rings. The molecule has 0 radical (unpaired) electrons. The smallest absolute Gasteiger partial charge is 0.263 e. The molecular weight excluding hydrogens is 462 g/mol. The van der Waals surface area contributed by atoms with Crippen LogP contribution in [0.4, 0.5) is 5.69 Å². The fraction of sp³-hybridized carbons (Fsp3) is 0.304. The maximum absolute atomic E-state index is 13.2. The minimum absolute atomic E-state index is 0.0519. The second-order valence-corrected chi connectivity index (χ2v) is 9.81. The zero-order chi connectivity index (χ0) is 25.2. The Bertz CT molecular complexity index is 1330. The van der Waals surface area contributed by atoms with Crippen molar-refractivity contribution in [3.05, 3.63) is 52.6 Å². The predicted octanol–water partition coefficient (Wildman–Crippen LogP) is 2.31. The van der Waals surface area contributed by atoms with Gasteiger partial charge in [-0.05, 0) is 36.8 Å². The maximum atomic E-state index is 13.2. The lowest BCUT2D eigenvalue weighted by atomic mass is 10.0. The van der Waals surface area contributed by atoms with Gasteiger partial charge in [0.1, 0.15) is 5.25 Å². The average molecular weight is 486 g/mol. The van der Waals surface area contributed by atoms with Gasteiger partial charge in [-0.15, -0.1) is 0 Å². The number of benzene rings is 2. The van der Waals surface area contributed by atoms with E-state index in [9.17, 15) is 28.1 Å². The van der Waals surface area contributed by atoms with E-state index in [1.165, 1.54) is 38.3 Å². The molecule has 1 aliphatic heterocycles. The lowest BCUT2D eigenvalue weighted by Gasteiger charge is -2.22. The molecule has 1 N–H and O–H groups in total. The van der Waals surface area contributed by atoms with Gasteiger partial charge >= 0.3 is 0 Å². The molecule has 3 rings (SSSR count). The molecule has 0 fully saturated rings. The predicted molar refractivity (Wildman–Crippen MR) is 123 cm³/mol. The Labute approximate surface area is 197 Å². The number of imide groups is 1. The number of amides is 3. The Morgan fingerprint density at radius 1 is 1.15 bits per heavy atom. The van der Waals surface area contributed by atoms with Crippen LogP contribution >= 0.6 is 0 Å². The number of sulfone groups is 1. The molecular formula is C23H23N3O7S. The molecule has 0 aliphatic carbocycles. The summed E-state index contributed by atoms with van der Waals surface area (Å²) in [4.78, 5) is 38.8. The topological polar surface area (TPSA) is 143 Å². The molecule has 10 nitrogen and oxygen atoms in total. The van der Waals surface area contributed by atoms with Crippen LogP contribution in [0.5, 0.6) is 11.5 Å². The van der Waals surface area contributed by atoms with Gasteiger partial charge in [-0.2, -0.15) is 5.26 Å². The summed E-state index contributed by atoms with van der Waals surface area (Å²) in [6.07, 6.45) is 1.00. The minimum Gasteiger partial charge on any atom is -0.493 e. The first-order valence-electron chi connectivity index (χ1n) is 10.2. The number of carbonyl (C=O) groups excluding carboxylic acids is 3. The van der Waals surface area contributed by atoms with Crippen LogP contribution in [-0.4, -0.2) is 57.6 Å². The summed E-state index contributed by atoms with van der Waals surface area (Å²) in [5.74, 6) is -1.36. The summed E-state index contributed by atoms with van der Waals surface area (Å²) in [6, 6.07) is 9.12. The third-order valence-corrected chi connectivity index (χ3v) is 6.73. The van der Waals surface area contributed by atoms with Crippen molar-refractivity contribution in [2.45, 2.75) is 19.1 Å². The molecule has 3 amide bonds. The highest BCUT2D eigenvalue weighted by molar-refractivity contribution is 7.91. The van der Waals surface area contributed by atoms with Crippen molar-refractivity contribution in [3.8, 4) is 17.6 Å². The molecule has 34 heavy (non-hydrogen) atoms. The van der Waals surface area contributed by atoms with Gasteiger partial charge in [0.05, 0.1) is 48.7 Å². The number of methoxy groups -OCH3 is 1. The number of fused-ring (bicyclic) bond motifs is 1. The Morgan fingerprint density at radius 3 is 2.38 bits per heavy atom. The lowest BCUT2D eigenvalue weighted by molar-refractivity contribution is -0.114. The second-order valence-electron chi connectivity index (χ2n) is 7.59. The number of hydrogen-bond acceptors (Lipinski definition) is 8. The largest absolute Gasteiger partial charge is 0.493 e. The maximum Gasteiger partial charge on any atom is 0.263 e. The molecule has 1 aliphatic rings. The van der Waals surface area contributed by atoms with Crippen molar-refractivity contribution in [3.63, 3.8) is 0 Å². The second kappa shape index (κ2) is 9.52. The molecule has 1 atom stereocenters. The van der Waals surface area contributed by atoms with Crippen LogP contribution in [-0.2, 0) is 14.6 Å². The van der Waals surface area contributed by atoms with E-state index in [0.29, 0.717) is 23.7 Å². The number of hydrogen-bond donors (Lipinski definition) is 1. The third kappa shape index (κ3) is 4.58. The van der Waals surface area contributed by atoms with Crippen LogP contribution in [0.3, 0.4) is 0 Å². The first-order valence-corrected chi connectivity index (χ1v) is 12.2. The van der Waals surface area contributed by atoms with Crippen LogP contribution in [0, 0.1) is 11.3 Å². The van der Waals surface area contributed by atoms with Crippen LogP contribution in [0.15, 0.2) is 30.3 Å². The SMILES string of the molecule is CCOc1cc([C@@H](CN2C(=O)c3c(C#N)ccc(NC(C)=O)c3C2=O)S(C)(=O)=O)ccc1OC. The molecule has 0 unspecified atom stereocenters. The van der Waals surface area contributed by atoms with Gasteiger partial charge in [-0.25, -0.2) is 8.42 Å². The zero-order valence-electron chi connectivity index (χ0n) is 19.0. The zero-order valence-corrected chi connectivity index (χ0v) is 19.9. The molecule has 0 saturated carbocycles. The first-order chi connectivity index (χ1) is 16.0. The monoisotopic (exact) mass is 485 g/mol. The summed E-state index contributed by atoms with van der Waals surface area (Å²) in [5.41, 5.74) is 0.00291. The van der Waals surface area contributed by atoms with Gasteiger partial charge in [0.2, 0.25) is 5.91 Å². The highest BCUT2D eigenvalue weighted by Crippen LogP contribution is 2.37. The van der Waals surface area contributed by atoms with Crippen molar-refractivity contribution >= 4 is 33.2 Å². The number of nitrogens with zero attached hydrogens (tertiary/aromatic N) is 2. The first kappa shape index (κ1) is 24.7. The average Bonchev–Trinajstić information content (AvgIpc) is 3.02. The van der Waals surface area contributed by atoms with Crippen LogP contribution < -0.4 is 14.8 Å². The highest BCUT2D eigenvalue weighted by Gasteiger charge is 2.42. The quantitative estimate of drug-likeness (QED) is 0.561. The summed E-state index contributed by atoms with van der Waals surface area (Å²) in [6.45, 7) is 2.82. The van der Waals surface area contributed by atoms with Crippen molar-refractivity contribution in [1.29, 1.82) is 5.26 Å². The van der Waals surface area contributed by atoms with Crippen molar-refractivity contribution in [2.24, 2.45) is 0 Å². The minimum atomic E-state index is -3.81. The molecule has 0 aromatic heterocycles. The summed E-state index contributed by atoms with van der Waals surface area (Å²) in [7, 11) is -2.36. The van der Waals surface area contributed by atoms with Crippen LogP contribution in [0.2, 0.25) is 0 Å². The van der Waals surface area contributed by atoms with Crippen molar-refractivity contribution in [2.75, 3.05) is 31.8 Å². The molecule has 1 heterocycles. The van der Waals surface area contributed by atoms with E-state index in [1.807, 2.05) is 6.07 Å². The third-order valence-electron chi connectivity index (χ3n) is 5.28. The van der Waals surface area contributed by atoms with Gasteiger partial charge in [0.15, 0.2) is 21.3 Å². The standard InChI is InChI=1S/C23H23N3O7S/c1-5-33-18-10-14(7-9-17(18)32-3)19(34(4,30)31)12-26-22(28)20-15(11-24)6-8-16(25-13(2)27)21(20)23(26)29/h6-10,19H,5,12H2,1-4H3,(H,25,27)/t19-/m1/s1. The number of carbonyl (C=O) groups is 3. The normalized spacial score (nSPS) is 13.8. The fourth-order valence-electron chi connectivity index (χ4n) is 3.78. The molecule has 0 saturated heterocycles. The van der Waals surface area contributed by atoms with Gasteiger partial charge in [-0.1, -0.05) is 6.07 Å². The Hall–Kier alpha value is -3.91. The lowest BCUT2D eigenvalue weighted by Crippen LogP contribution is -2.36. The molecule has 11 heteroatoms. The van der Waals surface area contributed by atoms with Gasteiger partial charge in [0, 0.05) is 13.2 Å². The van der Waals surface area contributed by atoms with E-state index in [2.05, 4.69) is 5.32 Å². The number of rotatable bonds is 8. The van der Waals surface area contributed by atoms with Gasteiger partial charge in [0.25, 0.3) is 11.8 Å². The summed E-state index contributed by atoms with van der Waals surface area (Å²) in [5, 5.41) is 10.7. The van der Waals surface area contributed by atoms with Crippen molar-refractivity contribution < 1.29 is 32.3 Å². The van der Waals surface area contributed by atoms with Gasteiger partial charge < -0.3 is 14.8 Å². The number of ether oxygens (including phenoxy) is 2. The Balaban J connectivity index is 2.08. The van der Waals surface area contributed by atoms with Crippen LogP contribution in [0.1, 0.15) is 50.9 Å². The molecule has 2 aromatic carbocycles. The fourth-order valence-corrected chi connectivity index (χ4v) is 4.84. The molecule has 0 bridgehead atoms.